The van der Waals surface area contributed by atoms with Gasteiger partial charge in [-0.1, -0.05) is 12.1 Å². The molecular formula is C18H18N4O2. The molecule has 3 aromatic rings. The SMILES string of the molecule is O=C(c1ccc(-c2cnco2)cc1)N1CCC[C@H](n2cccn2)C1. The second kappa shape index (κ2) is 6.31. The van der Waals surface area contributed by atoms with Crippen molar-refractivity contribution in [1.29, 1.82) is 0 Å². The van der Waals surface area contributed by atoms with Gasteiger partial charge in [-0.3, -0.25) is 9.48 Å². The number of benzene rings is 1. The van der Waals surface area contributed by atoms with E-state index in [0.29, 0.717) is 17.9 Å². The van der Waals surface area contributed by atoms with E-state index >= 15 is 0 Å². The van der Waals surface area contributed by atoms with Gasteiger partial charge in [0, 0.05) is 36.6 Å². The number of oxazole rings is 1. The molecule has 24 heavy (non-hydrogen) atoms. The lowest BCUT2D eigenvalue weighted by atomic mass is 10.0. The van der Waals surface area contributed by atoms with Gasteiger partial charge in [0.05, 0.1) is 12.2 Å². The predicted molar refractivity (Wildman–Crippen MR) is 88.3 cm³/mol. The van der Waals surface area contributed by atoms with Crippen LogP contribution in [0.5, 0.6) is 0 Å². The van der Waals surface area contributed by atoms with Crippen molar-refractivity contribution in [1.82, 2.24) is 19.7 Å². The van der Waals surface area contributed by atoms with Gasteiger partial charge in [0.1, 0.15) is 0 Å². The molecule has 3 heterocycles. The molecule has 2 aromatic heterocycles. The first kappa shape index (κ1) is 14.7. The normalized spacial score (nSPS) is 17.8. The van der Waals surface area contributed by atoms with Crippen LogP contribution in [0.15, 0.2) is 59.7 Å². The first-order chi connectivity index (χ1) is 11.8. The molecule has 1 aliphatic rings. The maximum atomic E-state index is 12.8. The third-order valence-corrected chi connectivity index (χ3v) is 4.43. The quantitative estimate of drug-likeness (QED) is 0.743. The fourth-order valence-electron chi connectivity index (χ4n) is 3.17. The smallest absolute Gasteiger partial charge is 0.253 e. The number of likely N-dealkylation sites (tertiary alicyclic amines) is 1. The van der Waals surface area contributed by atoms with E-state index in [1.165, 1.54) is 6.39 Å². The summed E-state index contributed by atoms with van der Waals surface area (Å²) in [6, 6.07) is 9.65. The largest absolute Gasteiger partial charge is 0.444 e. The van der Waals surface area contributed by atoms with Crippen molar-refractivity contribution in [2.45, 2.75) is 18.9 Å². The Hall–Kier alpha value is -2.89. The van der Waals surface area contributed by atoms with Gasteiger partial charge < -0.3 is 9.32 Å². The van der Waals surface area contributed by atoms with Gasteiger partial charge in [-0.25, -0.2) is 4.98 Å². The molecular weight excluding hydrogens is 304 g/mol. The number of carbonyl (C=O) groups is 1. The maximum absolute atomic E-state index is 12.8. The zero-order chi connectivity index (χ0) is 16.4. The zero-order valence-electron chi connectivity index (χ0n) is 13.2. The van der Waals surface area contributed by atoms with Crippen LogP contribution in [0.1, 0.15) is 29.2 Å². The van der Waals surface area contributed by atoms with Crippen LogP contribution in [0.25, 0.3) is 11.3 Å². The molecule has 4 rings (SSSR count). The van der Waals surface area contributed by atoms with Crippen LogP contribution in [0.4, 0.5) is 0 Å². The van der Waals surface area contributed by atoms with Crippen LogP contribution in [0.3, 0.4) is 0 Å². The summed E-state index contributed by atoms with van der Waals surface area (Å²) in [7, 11) is 0. The van der Waals surface area contributed by atoms with Crippen molar-refractivity contribution in [3.63, 3.8) is 0 Å². The van der Waals surface area contributed by atoms with Crippen LogP contribution in [-0.4, -0.2) is 38.7 Å². The predicted octanol–water partition coefficient (Wildman–Crippen LogP) is 3.02. The summed E-state index contributed by atoms with van der Waals surface area (Å²) in [5.74, 6) is 0.765. The molecule has 1 saturated heterocycles. The van der Waals surface area contributed by atoms with Crippen molar-refractivity contribution < 1.29 is 9.21 Å². The number of hydrogen-bond donors (Lipinski definition) is 0. The lowest BCUT2D eigenvalue weighted by Gasteiger charge is -2.33. The van der Waals surface area contributed by atoms with Crippen molar-refractivity contribution in [2.75, 3.05) is 13.1 Å². The minimum absolute atomic E-state index is 0.0657. The van der Waals surface area contributed by atoms with Crippen LogP contribution in [-0.2, 0) is 0 Å². The van der Waals surface area contributed by atoms with E-state index < -0.39 is 0 Å². The Kier molecular flexibility index (Phi) is 3.86. The van der Waals surface area contributed by atoms with E-state index in [1.54, 1.807) is 12.4 Å². The Morgan fingerprint density at radius 2 is 2.12 bits per heavy atom. The Morgan fingerprint density at radius 1 is 1.25 bits per heavy atom. The van der Waals surface area contributed by atoms with Crippen molar-refractivity contribution in [3.8, 4) is 11.3 Å². The third-order valence-electron chi connectivity index (χ3n) is 4.43. The van der Waals surface area contributed by atoms with E-state index in [0.717, 1.165) is 24.9 Å². The highest BCUT2D eigenvalue weighted by Gasteiger charge is 2.25. The molecule has 1 amide bonds. The van der Waals surface area contributed by atoms with Crippen LogP contribution in [0, 0.1) is 0 Å². The van der Waals surface area contributed by atoms with Gasteiger partial charge in [-0.15, -0.1) is 0 Å². The minimum Gasteiger partial charge on any atom is -0.444 e. The minimum atomic E-state index is 0.0657. The van der Waals surface area contributed by atoms with E-state index in [9.17, 15) is 4.79 Å². The lowest BCUT2D eigenvalue weighted by Crippen LogP contribution is -2.40. The molecule has 6 nitrogen and oxygen atoms in total. The van der Waals surface area contributed by atoms with Crippen LogP contribution in [0.2, 0.25) is 0 Å². The molecule has 1 atom stereocenters. The monoisotopic (exact) mass is 322 g/mol. The molecule has 6 heteroatoms. The molecule has 122 valence electrons. The van der Waals surface area contributed by atoms with Gasteiger partial charge >= 0.3 is 0 Å². The fourth-order valence-corrected chi connectivity index (χ4v) is 3.17. The highest BCUT2D eigenvalue weighted by atomic mass is 16.3. The van der Waals surface area contributed by atoms with Gasteiger partial charge in [0.2, 0.25) is 0 Å². The summed E-state index contributed by atoms with van der Waals surface area (Å²) in [5.41, 5.74) is 1.61. The summed E-state index contributed by atoms with van der Waals surface area (Å²) in [6.45, 7) is 1.49. The number of piperidine rings is 1. The molecule has 0 spiro atoms. The molecule has 0 bridgehead atoms. The zero-order valence-corrected chi connectivity index (χ0v) is 13.2. The van der Waals surface area contributed by atoms with E-state index in [1.807, 2.05) is 46.1 Å². The summed E-state index contributed by atoms with van der Waals surface area (Å²) in [4.78, 5) is 18.6. The Morgan fingerprint density at radius 3 is 2.83 bits per heavy atom. The molecule has 1 fully saturated rings. The van der Waals surface area contributed by atoms with Gasteiger partial charge in [-0.2, -0.15) is 5.10 Å². The molecule has 0 radical (unpaired) electrons. The second-order valence-electron chi connectivity index (χ2n) is 5.98. The van der Waals surface area contributed by atoms with Gasteiger partial charge in [0.25, 0.3) is 5.91 Å². The summed E-state index contributed by atoms with van der Waals surface area (Å²) in [5, 5.41) is 4.31. The number of amides is 1. The third kappa shape index (κ3) is 2.82. The summed E-state index contributed by atoms with van der Waals surface area (Å²) in [6.07, 6.45) is 8.85. The standard InChI is InChI=1S/C18H18N4O2/c23-18(15-6-4-14(5-7-15)17-11-19-13-24-17)21-9-1-3-16(12-21)22-10-2-8-20-22/h2,4-8,10-11,13,16H,1,3,9,12H2/t16-/m0/s1. The van der Waals surface area contributed by atoms with E-state index in [2.05, 4.69) is 10.1 Å². The number of nitrogens with zero attached hydrogens (tertiary/aromatic N) is 4. The second-order valence-corrected chi connectivity index (χ2v) is 5.98. The summed E-state index contributed by atoms with van der Waals surface area (Å²) >= 11 is 0. The Bertz CT molecular complexity index is 794. The number of carbonyl (C=O) groups excluding carboxylic acids is 1. The molecule has 0 unspecified atom stereocenters. The van der Waals surface area contributed by atoms with Crippen molar-refractivity contribution >= 4 is 5.91 Å². The van der Waals surface area contributed by atoms with E-state index in [4.69, 9.17) is 4.42 Å². The molecule has 0 N–H and O–H groups in total. The van der Waals surface area contributed by atoms with E-state index in [-0.39, 0.29) is 11.9 Å². The van der Waals surface area contributed by atoms with Gasteiger partial charge in [-0.05, 0) is 31.0 Å². The number of aromatic nitrogens is 3. The average Bonchev–Trinajstić information content (AvgIpc) is 3.35. The first-order valence-electron chi connectivity index (χ1n) is 8.08. The maximum Gasteiger partial charge on any atom is 0.253 e. The Balaban J connectivity index is 1.49. The summed E-state index contributed by atoms with van der Waals surface area (Å²) < 4.78 is 7.23. The van der Waals surface area contributed by atoms with Gasteiger partial charge in [0.15, 0.2) is 12.2 Å². The fraction of sp³-hybridized carbons (Fsp3) is 0.278. The lowest BCUT2D eigenvalue weighted by molar-refractivity contribution is 0.0673. The van der Waals surface area contributed by atoms with Crippen LogP contribution >= 0.6 is 0 Å². The van der Waals surface area contributed by atoms with Crippen molar-refractivity contribution in [2.24, 2.45) is 0 Å². The Labute approximate surface area is 139 Å². The first-order valence-corrected chi connectivity index (χ1v) is 8.08. The number of hydrogen-bond acceptors (Lipinski definition) is 4. The molecule has 1 aliphatic heterocycles. The topological polar surface area (TPSA) is 64.2 Å². The highest BCUT2D eigenvalue weighted by molar-refractivity contribution is 5.94. The molecule has 0 aliphatic carbocycles. The highest BCUT2D eigenvalue weighted by Crippen LogP contribution is 2.23. The average molecular weight is 322 g/mol. The molecule has 1 aromatic carbocycles. The van der Waals surface area contributed by atoms with Crippen molar-refractivity contribution in [3.05, 3.63) is 60.9 Å². The van der Waals surface area contributed by atoms with Crippen LogP contribution < -0.4 is 0 Å². The number of rotatable bonds is 3. The molecule has 0 saturated carbocycles.